The number of nitrogens with one attached hydrogen (secondary N) is 2. The monoisotopic (exact) mass is 393 g/mol. The number of rotatable bonds is 8. The Morgan fingerprint density at radius 3 is 2.34 bits per heavy atom. The second-order valence-electron chi connectivity index (χ2n) is 7.89. The molecule has 1 aliphatic rings. The highest BCUT2D eigenvalue weighted by Gasteiger charge is 2.20. The number of para-hydroxylation sites is 1. The van der Waals surface area contributed by atoms with Gasteiger partial charge in [-0.3, -0.25) is 14.5 Å². The lowest BCUT2D eigenvalue weighted by atomic mass is 10.1. The van der Waals surface area contributed by atoms with Gasteiger partial charge < -0.3 is 10.6 Å². The van der Waals surface area contributed by atoms with Crippen LogP contribution in [-0.2, 0) is 17.8 Å². The molecular weight excluding hydrogens is 362 g/mol. The van der Waals surface area contributed by atoms with Crippen LogP contribution in [0.4, 0.5) is 5.69 Å². The van der Waals surface area contributed by atoms with Gasteiger partial charge in [0.25, 0.3) is 5.91 Å². The maximum absolute atomic E-state index is 12.6. The van der Waals surface area contributed by atoms with Crippen molar-refractivity contribution in [2.75, 3.05) is 18.9 Å². The van der Waals surface area contributed by atoms with Crippen molar-refractivity contribution in [1.82, 2.24) is 10.2 Å². The fraction of sp³-hybridized carbons (Fsp3) is 0.417. The van der Waals surface area contributed by atoms with Crippen LogP contribution < -0.4 is 10.6 Å². The number of likely N-dealkylation sites (N-methyl/N-ethyl adjacent to an activating group) is 1. The lowest BCUT2D eigenvalue weighted by Gasteiger charge is -2.18. The second kappa shape index (κ2) is 10.2. The molecule has 0 spiro atoms. The summed E-state index contributed by atoms with van der Waals surface area (Å²) >= 11 is 0. The maximum atomic E-state index is 12.6. The highest BCUT2D eigenvalue weighted by atomic mass is 16.2. The van der Waals surface area contributed by atoms with Crippen LogP contribution in [0.15, 0.2) is 48.5 Å². The Bertz CT molecular complexity index is 826. The Labute approximate surface area is 173 Å². The smallest absolute Gasteiger partial charge is 0.253 e. The van der Waals surface area contributed by atoms with Crippen LogP contribution in [0.25, 0.3) is 0 Å². The third kappa shape index (κ3) is 6.16. The van der Waals surface area contributed by atoms with Gasteiger partial charge in [0.15, 0.2) is 0 Å². The van der Waals surface area contributed by atoms with Gasteiger partial charge in [0.05, 0.1) is 17.8 Å². The van der Waals surface area contributed by atoms with Crippen molar-refractivity contribution in [3.8, 4) is 0 Å². The van der Waals surface area contributed by atoms with Gasteiger partial charge in [-0.2, -0.15) is 0 Å². The zero-order chi connectivity index (χ0) is 20.6. The number of benzene rings is 2. The van der Waals surface area contributed by atoms with Crippen molar-refractivity contribution in [3.05, 3.63) is 65.2 Å². The van der Waals surface area contributed by atoms with E-state index in [0.29, 0.717) is 17.8 Å². The number of nitrogens with zero attached hydrogens (tertiary/aromatic N) is 1. The van der Waals surface area contributed by atoms with Crippen molar-refractivity contribution in [1.29, 1.82) is 0 Å². The molecule has 2 amide bonds. The van der Waals surface area contributed by atoms with Gasteiger partial charge in [-0.15, -0.1) is 0 Å². The molecule has 0 saturated heterocycles. The molecule has 154 valence electrons. The third-order valence-electron chi connectivity index (χ3n) is 5.43. The molecule has 5 heteroatoms. The van der Waals surface area contributed by atoms with E-state index in [4.69, 9.17) is 0 Å². The SMILES string of the molecule is CCc1ccc(CN(C)CC(=O)Nc2ccccc2C(=O)NC2CCCC2)cc1. The summed E-state index contributed by atoms with van der Waals surface area (Å²) in [4.78, 5) is 27.2. The van der Waals surface area contributed by atoms with Crippen LogP contribution >= 0.6 is 0 Å². The number of amides is 2. The molecule has 2 aromatic rings. The number of anilines is 1. The van der Waals surface area contributed by atoms with Gasteiger partial charge in [-0.25, -0.2) is 0 Å². The van der Waals surface area contributed by atoms with E-state index in [1.165, 1.54) is 11.1 Å². The van der Waals surface area contributed by atoms with E-state index in [0.717, 1.165) is 32.1 Å². The van der Waals surface area contributed by atoms with Crippen molar-refractivity contribution in [2.24, 2.45) is 0 Å². The molecule has 1 aliphatic carbocycles. The first-order chi connectivity index (χ1) is 14.0. The van der Waals surface area contributed by atoms with Crippen molar-refractivity contribution < 1.29 is 9.59 Å². The first-order valence-corrected chi connectivity index (χ1v) is 10.5. The summed E-state index contributed by atoms with van der Waals surface area (Å²) in [7, 11) is 1.92. The van der Waals surface area contributed by atoms with Gasteiger partial charge in [-0.1, -0.05) is 56.2 Å². The Kier molecular flexibility index (Phi) is 7.42. The van der Waals surface area contributed by atoms with E-state index in [9.17, 15) is 9.59 Å². The highest BCUT2D eigenvalue weighted by molar-refractivity contribution is 6.04. The van der Waals surface area contributed by atoms with Crippen LogP contribution in [-0.4, -0.2) is 36.3 Å². The fourth-order valence-corrected chi connectivity index (χ4v) is 3.81. The molecule has 1 saturated carbocycles. The van der Waals surface area contributed by atoms with Crippen LogP contribution in [0, 0.1) is 0 Å². The van der Waals surface area contributed by atoms with E-state index in [1.54, 1.807) is 12.1 Å². The number of carbonyl (C=O) groups excluding carboxylic acids is 2. The zero-order valence-corrected chi connectivity index (χ0v) is 17.4. The largest absolute Gasteiger partial charge is 0.349 e. The molecular formula is C24H31N3O2. The molecule has 29 heavy (non-hydrogen) atoms. The fourth-order valence-electron chi connectivity index (χ4n) is 3.81. The van der Waals surface area contributed by atoms with Gasteiger partial charge in [-0.05, 0) is 49.6 Å². The summed E-state index contributed by atoms with van der Waals surface area (Å²) < 4.78 is 0. The standard InChI is InChI=1S/C24H31N3O2/c1-3-18-12-14-19(15-13-18)16-27(2)17-23(28)26-22-11-7-6-10-21(22)24(29)25-20-8-4-5-9-20/h6-7,10-15,20H,3-5,8-9,16-17H2,1-2H3,(H,25,29)(H,26,28). The van der Waals surface area contributed by atoms with Crippen LogP contribution in [0.2, 0.25) is 0 Å². The predicted molar refractivity (Wildman–Crippen MR) is 117 cm³/mol. The van der Waals surface area contributed by atoms with E-state index in [2.05, 4.69) is 41.8 Å². The summed E-state index contributed by atoms with van der Waals surface area (Å²) in [5, 5.41) is 6.00. The zero-order valence-electron chi connectivity index (χ0n) is 17.4. The lowest BCUT2D eigenvalue weighted by Crippen LogP contribution is -2.34. The summed E-state index contributed by atoms with van der Waals surface area (Å²) in [6.07, 6.45) is 5.41. The quantitative estimate of drug-likeness (QED) is 0.713. The van der Waals surface area contributed by atoms with E-state index >= 15 is 0 Å². The minimum absolute atomic E-state index is 0.114. The lowest BCUT2D eigenvalue weighted by molar-refractivity contribution is -0.117. The predicted octanol–water partition coefficient (Wildman–Crippen LogP) is 3.99. The maximum Gasteiger partial charge on any atom is 0.253 e. The summed E-state index contributed by atoms with van der Waals surface area (Å²) in [6.45, 7) is 3.09. The number of carbonyl (C=O) groups is 2. The van der Waals surface area contributed by atoms with Crippen LogP contribution in [0.5, 0.6) is 0 Å². The molecule has 3 rings (SSSR count). The minimum atomic E-state index is -0.126. The molecule has 0 bridgehead atoms. The molecule has 0 aliphatic heterocycles. The van der Waals surface area contributed by atoms with Crippen molar-refractivity contribution in [2.45, 2.75) is 51.6 Å². The Morgan fingerprint density at radius 2 is 1.66 bits per heavy atom. The second-order valence-corrected chi connectivity index (χ2v) is 7.89. The van der Waals surface area contributed by atoms with Gasteiger partial charge >= 0.3 is 0 Å². The summed E-state index contributed by atoms with van der Waals surface area (Å²) in [6, 6.07) is 15.9. The normalized spacial score (nSPS) is 14.2. The van der Waals surface area contributed by atoms with E-state index in [-0.39, 0.29) is 24.4 Å². The van der Waals surface area contributed by atoms with Crippen molar-refractivity contribution >= 4 is 17.5 Å². The first-order valence-electron chi connectivity index (χ1n) is 10.5. The molecule has 0 atom stereocenters. The summed E-state index contributed by atoms with van der Waals surface area (Å²) in [5.74, 6) is -0.240. The number of hydrogen-bond donors (Lipinski definition) is 2. The average molecular weight is 394 g/mol. The number of aryl methyl sites for hydroxylation is 1. The topological polar surface area (TPSA) is 61.4 Å². The molecule has 0 radical (unpaired) electrons. The minimum Gasteiger partial charge on any atom is -0.349 e. The van der Waals surface area contributed by atoms with Gasteiger partial charge in [0.2, 0.25) is 5.91 Å². The average Bonchev–Trinajstić information content (AvgIpc) is 3.21. The van der Waals surface area contributed by atoms with Crippen LogP contribution in [0.1, 0.15) is 54.1 Å². The third-order valence-corrected chi connectivity index (χ3v) is 5.43. The van der Waals surface area contributed by atoms with E-state index in [1.807, 2.05) is 24.1 Å². The number of hydrogen-bond acceptors (Lipinski definition) is 3. The Morgan fingerprint density at radius 1 is 1.00 bits per heavy atom. The molecule has 2 aromatic carbocycles. The highest BCUT2D eigenvalue weighted by Crippen LogP contribution is 2.20. The molecule has 0 unspecified atom stereocenters. The molecule has 5 nitrogen and oxygen atoms in total. The molecule has 1 fully saturated rings. The Hall–Kier alpha value is -2.66. The van der Waals surface area contributed by atoms with Gasteiger partial charge in [0.1, 0.15) is 0 Å². The van der Waals surface area contributed by atoms with Crippen LogP contribution in [0.3, 0.4) is 0 Å². The van der Waals surface area contributed by atoms with E-state index < -0.39 is 0 Å². The molecule has 0 aromatic heterocycles. The Balaban J connectivity index is 1.56. The van der Waals surface area contributed by atoms with Crippen molar-refractivity contribution in [3.63, 3.8) is 0 Å². The molecule has 0 heterocycles. The molecule has 2 N–H and O–H groups in total. The first kappa shape index (κ1) is 21.1. The summed E-state index contributed by atoms with van der Waals surface area (Å²) in [5.41, 5.74) is 3.56. The van der Waals surface area contributed by atoms with Gasteiger partial charge in [0, 0.05) is 12.6 Å².